The first kappa shape index (κ1) is 10.1. The lowest BCUT2D eigenvalue weighted by molar-refractivity contribution is 0.102. The maximum Gasteiger partial charge on any atom is 0.273 e. The molecule has 0 aliphatic carbocycles. The highest BCUT2D eigenvalue weighted by Gasteiger charge is 2.08. The molecule has 80 valence electrons. The molecule has 0 saturated carbocycles. The highest BCUT2D eigenvalue weighted by Crippen LogP contribution is 2.05. The summed E-state index contributed by atoms with van der Waals surface area (Å²) in [7, 11) is 0. The van der Waals surface area contributed by atoms with Crippen LogP contribution in [0.1, 0.15) is 20.8 Å². The van der Waals surface area contributed by atoms with Gasteiger partial charge in [0, 0.05) is 18.0 Å². The van der Waals surface area contributed by atoms with Crippen LogP contribution in [0.3, 0.4) is 0 Å². The van der Waals surface area contributed by atoms with Gasteiger partial charge in [-0.3, -0.25) is 9.59 Å². The molecule has 16 heavy (non-hydrogen) atoms. The average molecular weight is 215 g/mol. The number of nitrogens with one attached hydrogen (secondary N) is 2. The normalized spacial score (nSPS) is 9.75. The van der Waals surface area contributed by atoms with E-state index in [1.54, 1.807) is 24.4 Å². The molecule has 5 heteroatoms. The Balaban J connectivity index is 2.11. The molecule has 0 bridgehead atoms. The predicted octanol–water partition coefficient (Wildman–Crippen LogP) is 1.47. The highest BCUT2D eigenvalue weighted by molar-refractivity contribution is 6.03. The molecule has 5 nitrogen and oxygen atoms in total. The Labute approximate surface area is 91.5 Å². The summed E-state index contributed by atoms with van der Waals surface area (Å²) in [6.07, 6.45) is 3.73. The van der Waals surface area contributed by atoms with Crippen LogP contribution in [-0.2, 0) is 0 Å². The first-order valence-corrected chi connectivity index (χ1v) is 4.65. The number of nitrogens with zero attached hydrogens (tertiary/aromatic N) is 1. The predicted molar refractivity (Wildman–Crippen MR) is 58.4 cm³/mol. The van der Waals surface area contributed by atoms with E-state index in [1.165, 1.54) is 12.3 Å². The summed E-state index contributed by atoms with van der Waals surface area (Å²) in [5, 5.41) is 2.60. The lowest BCUT2D eigenvalue weighted by Gasteiger charge is -2.01. The van der Waals surface area contributed by atoms with Gasteiger partial charge in [-0.25, -0.2) is 4.98 Å². The lowest BCUT2D eigenvalue weighted by atomic mass is 10.3. The van der Waals surface area contributed by atoms with Crippen LogP contribution in [0.2, 0.25) is 0 Å². The summed E-state index contributed by atoms with van der Waals surface area (Å²) < 4.78 is 0. The summed E-state index contributed by atoms with van der Waals surface area (Å²) in [5.41, 5.74) is 0.763. The lowest BCUT2D eigenvalue weighted by Crippen LogP contribution is -2.12. The van der Waals surface area contributed by atoms with Gasteiger partial charge < -0.3 is 10.3 Å². The minimum absolute atomic E-state index is 0.327. The molecule has 0 saturated heterocycles. The van der Waals surface area contributed by atoms with Crippen molar-refractivity contribution in [3.05, 3.63) is 47.9 Å². The van der Waals surface area contributed by atoms with Crippen molar-refractivity contribution in [1.29, 1.82) is 0 Å². The summed E-state index contributed by atoms with van der Waals surface area (Å²) in [6, 6.07) is 6.69. The summed E-state index contributed by atoms with van der Waals surface area (Å²) in [5.74, 6) is 0.140. The molecule has 0 unspecified atom stereocenters. The zero-order chi connectivity index (χ0) is 11.4. The Morgan fingerprint density at radius 1 is 1.44 bits per heavy atom. The molecular weight excluding hydrogens is 206 g/mol. The molecule has 0 atom stereocenters. The summed E-state index contributed by atoms with van der Waals surface area (Å²) >= 11 is 0. The molecule has 0 radical (unpaired) electrons. The number of pyridine rings is 1. The van der Waals surface area contributed by atoms with E-state index in [2.05, 4.69) is 15.3 Å². The average Bonchev–Trinajstić information content (AvgIpc) is 2.79. The van der Waals surface area contributed by atoms with Crippen LogP contribution in [0.5, 0.6) is 0 Å². The monoisotopic (exact) mass is 215 g/mol. The van der Waals surface area contributed by atoms with Gasteiger partial charge in [0.25, 0.3) is 5.91 Å². The largest absolute Gasteiger partial charge is 0.356 e. The molecule has 2 rings (SSSR count). The van der Waals surface area contributed by atoms with Crippen molar-refractivity contribution in [2.45, 2.75) is 0 Å². The van der Waals surface area contributed by atoms with Crippen molar-refractivity contribution in [1.82, 2.24) is 9.97 Å². The number of carbonyl (C=O) groups excluding carboxylic acids is 2. The third kappa shape index (κ3) is 2.14. The number of hydrogen-bond acceptors (Lipinski definition) is 3. The van der Waals surface area contributed by atoms with Crippen molar-refractivity contribution in [2.75, 3.05) is 5.32 Å². The van der Waals surface area contributed by atoms with E-state index in [4.69, 9.17) is 0 Å². The quantitative estimate of drug-likeness (QED) is 0.761. The van der Waals surface area contributed by atoms with Gasteiger partial charge in [0.1, 0.15) is 11.5 Å². The molecule has 0 aliphatic heterocycles. The first-order valence-electron chi connectivity index (χ1n) is 4.65. The molecular formula is C11H9N3O2. The van der Waals surface area contributed by atoms with Crippen molar-refractivity contribution in [3.8, 4) is 0 Å². The minimum atomic E-state index is -0.327. The smallest absolute Gasteiger partial charge is 0.273 e. The van der Waals surface area contributed by atoms with Gasteiger partial charge in [-0.1, -0.05) is 6.07 Å². The van der Waals surface area contributed by atoms with Crippen LogP contribution in [0.25, 0.3) is 0 Å². The number of aromatic amines is 1. The summed E-state index contributed by atoms with van der Waals surface area (Å²) in [6.45, 7) is 0. The van der Waals surface area contributed by atoms with Gasteiger partial charge in [0.15, 0.2) is 6.29 Å². The number of carbonyl (C=O) groups is 2. The van der Waals surface area contributed by atoms with Crippen molar-refractivity contribution in [3.63, 3.8) is 0 Å². The fourth-order valence-electron chi connectivity index (χ4n) is 1.23. The van der Waals surface area contributed by atoms with E-state index in [0.717, 1.165) is 0 Å². The van der Waals surface area contributed by atoms with E-state index < -0.39 is 0 Å². The second-order valence-electron chi connectivity index (χ2n) is 3.13. The molecule has 2 heterocycles. The molecule has 2 N–H and O–H groups in total. The number of hydrogen-bond donors (Lipinski definition) is 2. The number of rotatable bonds is 3. The van der Waals surface area contributed by atoms with Gasteiger partial charge in [-0.05, 0) is 18.2 Å². The zero-order valence-electron chi connectivity index (χ0n) is 8.31. The Hall–Kier alpha value is -2.43. The van der Waals surface area contributed by atoms with Gasteiger partial charge in [-0.2, -0.15) is 0 Å². The minimum Gasteiger partial charge on any atom is -0.356 e. The Morgan fingerprint density at radius 2 is 2.31 bits per heavy atom. The van der Waals surface area contributed by atoms with Gasteiger partial charge in [0.05, 0.1) is 0 Å². The maximum atomic E-state index is 11.6. The number of aromatic nitrogens is 2. The Kier molecular flexibility index (Phi) is 2.77. The topological polar surface area (TPSA) is 74.8 Å². The fraction of sp³-hybridized carbons (Fsp3) is 0. The van der Waals surface area contributed by atoms with Crippen molar-refractivity contribution < 1.29 is 9.59 Å². The molecule has 2 aromatic heterocycles. The summed E-state index contributed by atoms with van der Waals surface area (Å²) in [4.78, 5) is 28.7. The van der Waals surface area contributed by atoms with E-state index >= 15 is 0 Å². The second-order valence-corrected chi connectivity index (χ2v) is 3.13. The van der Waals surface area contributed by atoms with Crippen LogP contribution in [-0.4, -0.2) is 22.2 Å². The van der Waals surface area contributed by atoms with Crippen molar-refractivity contribution in [2.24, 2.45) is 0 Å². The standard InChI is InChI=1S/C11H9N3O2/c15-7-8-5-9(13-6-8)11(16)14-10-3-1-2-4-12-10/h1-7,13H,(H,12,14,16). The number of anilines is 1. The van der Waals surface area contributed by atoms with E-state index in [-0.39, 0.29) is 5.91 Å². The van der Waals surface area contributed by atoms with E-state index in [9.17, 15) is 9.59 Å². The number of aldehydes is 1. The van der Waals surface area contributed by atoms with Gasteiger partial charge in [0.2, 0.25) is 0 Å². The third-order valence-corrected chi connectivity index (χ3v) is 1.99. The van der Waals surface area contributed by atoms with Crippen LogP contribution in [0.15, 0.2) is 36.7 Å². The van der Waals surface area contributed by atoms with Crippen molar-refractivity contribution >= 4 is 18.0 Å². The SMILES string of the molecule is O=Cc1c[nH]c(C(=O)Nc2ccccn2)c1. The maximum absolute atomic E-state index is 11.6. The van der Waals surface area contributed by atoms with Gasteiger partial charge >= 0.3 is 0 Å². The van der Waals surface area contributed by atoms with E-state index in [0.29, 0.717) is 23.4 Å². The Morgan fingerprint density at radius 3 is 2.94 bits per heavy atom. The molecule has 0 spiro atoms. The molecule has 0 aromatic carbocycles. The van der Waals surface area contributed by atoms with Crippen LogP contribution < -0.4 is 5.32 Å². The van der Waals surface area contributed by atoms with Crippen LogP contribution >= 0.6 is 0 Å². The molecule has 0 fully saturated rings. The van der Waals surface area contributed by atoms with Gasteiger partial charge in [-0.15, -0.1) is 0 Å². The first-order chi connectivity index (χ1) is 7.79. The second kappa shape index (κ2) is 4.39. The third-order valence-electron chi connectivity index (χ3n) is 1.99. The zero-order valence-corrected chi connectivity index (χ0v) is 8.31. The Bertz CT molecular complexity index is 505. The molecule has 1 amide bonds. The van der Waals surface area contributed by atoms with Crippen LogP contribution in [0, 0.1) is 0 Å². The fourth-order valence-corrected chi connectivity index (χ4v) is 1.23. The van der Waals surface area contributed by atoms with Crippen LogP contribution in [0.4, 0.5) is 5.82 Å². The van der Waals surface area contributed by atoms with E-state index in [1.807, 2.05) is 0 Å². The molecule has 2 aromatic rings. The molecule has 0 aliphatic rings. The number of H-pyrrole nitrogens is 1. The number of amides is 1. The highest BCUT2D eigenvalue weighted by atomic mass is 16.2.